The molecule has 21 heavy (non-hydrogen) atoms. The average Bonchev–Trinajstić information content (AvgIpc) is 3.08. The number of benzene rings is 1. The molecular formula is C15H18F2N2O2. The molecule has 3 atom stereocenters. The zero-order valence-corrected chi connectivity index (χ0v) is 11.5. The second kappa shape index (κ2) is 5.97. The summed E-state index contributed by atoms with van der Waals surface area (Å²) in [6, 6.07) is 7.13. The molecule has 0 aliphatic carbocycles. The van der Waals surface area contributed by atoms with Gasteiger partial charge in [-0.2, -0.15) is 8.78 Å². The fourth-order valence-electron chi connectivity index (χ4n) is 3.22. The number of halogens is 2. The molecule has 0 aromatic heterocycles. The molecule has 0 spiro atoms. The van der Waals surface area contributed by atoms with Crippen molar-refractivity contribution in [2.45, 2.75) is 44.5 Å². The third-order valence-corrected chi connectivity index (χ3v) is 4.25. The Bertz CT molecular complexity index is 507. The van der Waals surface area contributed by atoms with Crippen molar-refractivity contribution in [3.63, 3.8) is 0 Å². The summed E-state index contributed by atoms with van der Waals surface area (Å²) in [5.41, 5.74) is 0.862. The van der Waals surface area contributed by atoms with Crippen molar-refractivity contribution in [2.24, 2.45) is 5.92 Å². The first-order chi connectivity index (χ1) is 10.1. The van der Waals surface area contributed by atoms with Crippen molar-refractivity contribution in [3.8, 4) is 5.75 Å². The Labute approximate surface area is 121 Å². The highest BCUT2D eigenvalue weighted by molar-refractivity contribution is 5.80. The third-order valence-electron chi connectivity index (χ3n) is 4.25. The summed E-state index contributed by atoms with van der Waals surface area (Å²) in [4.78, 5) is 12.1. The number of hydrogen-bond donors (Lipinski definition) is 2. The van der Waals surface area contributed by atoms with Gasteiger partial charge < -0.3 is 15.4 Å². The fourth-order valence-corrected chi connectivity index (χ4v) is 3.22. The first-order valence-electron chi connectivity index (χ1n) is 7.19. The Morgan fingerprint density at radius 1 is 1.33 bits per heavy atom. The van der Waals surface area contributed by atoms with E-state index in [1.165, 1.54) is 18.6 Å². The Morgan fingerprint density at radius 3 is 2.67 bits per heavy atom. The van der Waals surface area contributed by atoms with Gasteiger partial charge in [0.1, 0.15) is 5.75 Å². The topological polar surface area (TPSA) is 50.4 Å². The SMILES string of the molecule is O=C(NCc1ccc(OC(F)F)cc1)C1CC2CCC1N2. The summed E-state index contributed by atoms with van der Waals surface area (Å²) in [6.45, 7) is -2.41. The zero-order valence-electron chi connectivity index (χ0n) is 11.5. The number of alkyl halides is 2. The van der Waals surface area contributed by atoms with Crippen molar-refractivity contribution in [1.82, 2.24) is 10.6 Å². The molecule has 3 rings (SSSR count). The Hall–Kier alpha value is -1.69. The number of hydrogen-bond acceptors (Lipinski definition) is 3. The average molecular weight is 296 g/mol. The van der Waals surface area contributed by atoms with Crippen LogP contribution in [0.1, 0.15) is 24.8 Å². The molecule has 2 bridgehead atoms. The van der Waals surface area contributed by atoms with E-state index in [0.29, 0.717) is 18.6 Å². The first-order valence-corrected chi connectivity index (χ1v) is 7.19. The molecular weight excluding hydrogens is 278 g/mol. The van der Waals surface area contributed by atoms with Crippen molar-refractivity contribution in [3.05, 3.63) is 29.8 Å². The maximum Gasteiger partial charge on any atom is 0.387 e. The molecule has 6 heteroatoms. The number of carbonyl (C=O) groups excluding carboxylic acids is 1. The lowest BCUT2D eigenvalue weighted by Crippen LogP contribution is -2.37. The molecule has 1 aromatic carbocycles. The zero-order chi connectivity index (χ0) is 14.8. The quantitative estimate of drug-likeness (QED) is 0.874. The van der Waals surface area contributed by atoms with E-state index in [2.05, 4.69) is 15.4 Å². The van der Waals surface area contributed by atoms with Gasteiger partial charge in [0.2, 0.25) is 5.91 Å². The molecule has 114 valence electrons. The van der Waals surface area contributed by atoms with Crippen LogP contribution in [0.5, 0.6) is 5.75 Å². The largest absolute Gasteiger partial charge is 0.435 e. The number of amides is 1. The van der Waals surface area contributed by atoms with E-state index < -0.39 is 6.61 Å². The second-order valence-electron chi connectivity index (χ2n) is 5.63. The van der Waals surface area contributed by atoms with Gasteiger partial charge in [-0.25, -0.2) is 0 Å². The number of rotatable bonds is 5. The van der Waals surface area contributed by atoms with Crippen LogP contribution in [-0.4, -0.2) is 24.6 Å². The number of ether oxygens (including phenoxy) is 1. The van der Waals surface area contributed by atoms with Gasteiger partial charge in [0.15, 0.2) is 0 Å². The molecule has 0 saturated carbocycles. The molecule has 1 amide bonds. The van der Waals surface area contributed by atoms with Crippen molar-refractivity contribution < 1.29 is 18.3 Å². The van der Waals surface area contributed by atoms with Crippen LogP contribution < -0.4 is 15.4 Å². The van der Waals surface area contributed by atoms with Gasteiger partial charge in [0.05, 0.1) is 5.92 Å². The van der Waals surface area contributed by atoms with Gasteiger partial charge in [-0.05, 0) is 37.0 Å². The van der Waals surface area contributed by atoms with E-state index >= 15 is 0 Å². The number of carbonyl (C=O) groups is 1. The molecule has 2 saturated heterocycles. The van der Waals surface area contributed by atoms with Crippen molar-refractivity contribution in [2.75, 3.05) is 0 Å². The minimum Gasteiger partial charge on any atom is -0.435 e. The Kier molecular flexibility index (Phi) is 4.05. The molecule has 2 aliphatic rings. The minimum absolute atomic E-state index is 0.0604. The number of fused-ring (bicyclic) bond motifs is 2. The van der Waals surface area contributed by atoms with E-state index in [-0.39, 0.29) is 17.6 Å². The van der Waals surface area contributed by atoms with Crippen molar-refractivity contribution in [1.29, 1.82) is 0 Å². The van der Waals surface area contributed by atoms with Crippen LogP contribution in [0, 0.1) is 5.92 Å². The fraction of sp³-hybridized carbons (Fsp3) is 0.533. The van der Waals surface area contributed by atoms with Crippen LogP contribution in [-0.2, 0) is 11.3 Å². The highest BCUT2D eigenvalue weighted by Gasteiger charge is 2.42. The van der Waals surface area contributed by atoms with Gasteiger partial charge in [0.25, 0.3) is 0 Å². The van der Waals surface area contributed by atoms with E-state index in [0.717, 1.165) is 18.4 Å². The molecule has 2 aliphatic heterocycles. The van der Waals surface area contributed by atoms with Crippen molar-refractivity contribution >= 4 is 5.91 Å². The maximum absolute atomic E-state index is 12.1. The number of nitrogens with one attached hydrogen (secondary N) is 2. The van der Waals surface area contributed by atoms with Gasteiger partial charge >= 0.3 is 6.61 Å². The smallest absolute Gasteiger partial charge is 0.387 e. The highest BCUT2D eigenvalue weighted by atomic mass is 19.3. The van der Waals surface area contributed by atoms with Crippen LogP contribution >= 0.6 is 0 Å². The molecule has 1 aromatic rings. The van der Waals surface area contributed by atoms with E-state index in [4.69, 9.17) is 0 Å². The Balaban J connectivity index is 1.49. The Morgan fingerprint density at radius 2 is 2.10 bits per heavy atom. The maximum atomic E-state index is 12.1. The predicted octanol–water partition coefficient (Wildman–Crippen LogP) is 2.04. The summed E-state index contributed by atoms with van der Waals surface area (Å²) >= 11 is 0. The predicted molar refractivity (Wildman–Crippen MR) is 73.0 cm³/mol. The summed E-state index contributed by atoms with van der Waals surface area (Å²) in [6.07, 6.45) is 3.15. The molecule has 4 nitrogen and oxygen atoms in total. The minimum atomic E-state index is -2.82. The molecule has 2 N–H and O–H groups in total. The summed E-state index contributed by atoms with van der Waals surface area (Å²) in [5.74, 6) is 0.255. The van der Waals surface area contributed by atoms with E-state index in [1.807, 2.05) is 0 Å². The lowest BCUT2D eigenvalue weighted by atomic mass is 9.88. The normalized spacial score (nSPS) is 27.1. The molecule has 0 radical (unpaired) electrons. The second-order valence-corrected chi connectivity index (χ2v) is 5.63. The summed E-state index contributed by atoms with van der Waals surface area (Å²) in [7, 11) is 0. The lowest BCUT2D eigenvalue weighted by molar-refractivity contribution is -0.125. The van der Waals surface area contributed by atoms with Gasteiger partial charge in [0, 0.05) is 18.6 Å². The van der Waals surface area contributed by atoms with Crippen LogP contribution in [0.4, 0.5) is 8.78 Å². The van der Waals surface area contributed by atoms with Gasteiger partial charge in [-0.15, -0.1) is 0 Å². The standard InChI is InChI=1S/C15H18F2N2O2/c16-15(17)21-11-4-1-9(2-5-11)8-18-14(20)12-7-10-3-6-13(12)19-10/h1-2,4-5,10,12-13,15,19H,3,6-8H2,(H,18,20). The van der Waals surface area contributed by atoms with Crippen LogP contribution in [0.2, 0.25) is 0 Å². The molecule has 2 heterocycles. The van der Waals surface area contributed by atoms with E-state index in [1.54, 1.807) is 12.1 Å². The van der Waals surface area contributed by atoms with Crippen LogP contribution in [0.15, 0.2) is 24.3 Å². The lowest BCUT2D eigenvalue weighted by Gasteiger charge is -2.19. The van der Waals surface area contributed by atoms with Gasteiger partial charge in [-0.3, -0.25) is 4.79 Å². The van der Waals surface area contributed by atoms with Crippen LogP contribution in [0.25, 0.3) is 0 Å². The summed E-state index contributed by atoms with van der Waals surface area (Å²) in [5, 5.41) is 6.35. The van der Waals surface area contributed by atoms with Crippen LogP contribution in [0.3, 0.4) is 0 Å². The van der Waals surface area contributed by atoms with E-state index in [9.17, 15) is 13.6 Å². The first kappa shape index (κ1) is 14.3. The third kappa shape index (κ3) is 3.32. The summed E-state index contributed by atoms with van der Waals surface area (Å²) < 4.78 is 28.4. The highest BCUT2D eigenvalue weighted by Crippen LogP contribution is 2.33. The monoisotopic (exact) mass is 296 g/mol. The molecule has 2 fully saturated rings. The van der Waals surface area contributed by atoms with Gasteiger partial charge in [-0.1, -0.05) is 12.1 Å². The molecule has 3 unspecified atom stereocenters.